The summed E-state index contributed by atoms with van der Waals surface area (Å²) < 4.78 is 0. The number of fused-ring (bicyclic) bond motifs is 1. The number of piperazine rings is 1. The fraction of sp³-hybridized carbons (Fsp3) is 0.565. The summed E-state index contributed by atoms with van der Waals surface area (Å²) >= 11 is 0. The van der Waals surface area contributed by atoms with Crippen molar-refractivity contribution in [3.63, 3.8) is 0 Å². The average molecular weight is 405 g/mol. The van der Waals surface area contributed by atoms with Crippen molar-refractivity contribution in [2.75, 3.05) is 38.2 Å². The lowest BCUT2D eigenvalue weighted by Gasteiger charge is -2.41. The van der Waals surface area contributed by atoms with Crippen molar-refractivity contribution in [3.8, 4) is 0 Å². The van der Waals surface area contributed by atoms with Gasteiger partial charge in [-0.25, -0.2) is 4.98 Å². The van der Waals surface area contributed by atoms with Crippen molar-refractivity contribution in [1.29, 1.82) is 0 Å². The van der Waals surface area contributed by atoms with Gasteiger partial charge in [-0.1, -0.05) is 0 Å². The third kappa shape index (κ3) is 3.03. The van der Waals surface area contributed by atoms with Crippen LogP contribution in [0.25, 0.3) is 11.0 Å². The van der Waals surface area contributed by atoms with Crippen LogP contribution < -0.4 is 4.90 Å². The Hall–Kier alpha value is -2.38. The molecule has 0 amide bonds. The number of anilines is 1. The molecule has 0 radical (unpaired) electrons. The highest BCUT2D eigenvalue weighted by Gasteiger charge is 2.49. The van der Waals surface area contributed by atoms with Gasteiger partial charge in [-0.3, -0.25) is 19.9 Å². The summed E-state index contributed by atoms with van der Waals surface area (Å²) in [6.07, 6.45) is 8.25. The van der Waals surface area contributed by atoms with Crippen molar-refractivity contribution >= 4 is 28.6 Å². The van der Waals surface area contributed by atoms with Gasteiger partial charge in [-0.15, -0.1) is 0 Å². The van der Waals surface area contributed by atoms with Crippen LogP contribution in [-0.4, -0.2) is 76.9 Å². The number of benzene rings is 1. The number of aromatic nitrogens is 2. The molecule has 2 aromatic rings. The number of aliphatic hydroxyl groups is 1. The lowest BCUT2D eigenvalue weighted by molar-refractivity contribution is 0.0945. The Bertz CT molecular complexity index is 1040. The maximum absolute atomic E-state index is 9.24. The first kappa shape index (κ1) is 18.4. The normalized spacial score (nSPS) is 30.0. The van der Waals surface area contributed by atoms with E-state index in [4.69, 9.17) is 9.98 Å². The van der Waals surface area contributed by atoms with Gasteiger partial charge in [0.15, 0.2) is 0 Å². The van der Waals surface area contributed by atoms with Crippen molar-refractivity contribution in [2.45, 2.75) is 37.4 Å². The molecule has 1 unspecified atom stereocenters. The predicted octanol–water partition coefficient (Wildman–Crippen LogP) is 2.13. The second-order valence-corrected chi connectivity index (χ2v) is 9.48. The largest absolute Gasteiger partial charge is 0.396 e. The van der Waals surface area contributed by atoms with Crippen LogP contribution >= 0.6 is 0 Å². The molecule has 6 rings (SSSR count). The van der Waals surface area contributed by atoms with E-state index in [0.717, 1.165) is 54.9 Å². The first-order chi connectivity index (χ1) is 14.6. The van der Waals surface area contributed by atoms with Gasteiger partial charge in [0, 0.05) is 43.4 Å². The maximum atomic E-state index is 9.24. The highest BCUT2D eigenvalue weighted by atomic mass is 16.3. The van der Waals surface area contributed by atoms with Crippen LogP contribution in [-0.2, 0) is 0 Å². The molecule has 1 atom stereocenters. The van der Waals surface area contributed by atoms with Crippen molar-refractivity contribution in [2.24, 2.45) is 21.8 Å². The number of aliphatic imine (C=N–C) groups is 2. The molecule has 30 heavy (non-hydrogen) atoms. The Kier molecular flexibility index (Phi) is 4.18. The first-order valence-corrected chi connectivity index (χ1v) is 11.1. The SMILES string of the molecule is CN1CCN(c2ccc3ncc(C4=NC(C5CC(CO)C5)N=C4)nc3c2)CC12CC2. The van der Waals surface area contributed by atoms with Crippen LogP contribution in [0.15, 0.2) is 34.4 Å². The smallest absolute Gasteiger partial charge is 0.143 e. The molecule has 1 aromatic carbocycles. The van der Waals surface area contributed by atoms with Crippen LogP contribution in [0.2, 0.25) is 0 Å². The summed E-state index contributed by atoms with van der Waals surface area (Å²) in [5, 5.41) is 9.24. The summed E-state index contributed by atoms with van der Waals surface area (Å²) in [6.45, 7) is 3.53. The van der Waals surface area contributed by atoms with E-state index in [9.17, 15) is 5.11 Å². The molecule has 1 N–H and O–H groups in total. The Morgan fingerprint density at radius 3 is 2.83 bits per heavy atom. The van der Waals surface area contributed by atoms with Gasteiger partial charge < -0.3 is 10.0 Å². The van der Waals surface area contributed by atoms with Crippen molar-refractivity contribution in [3.05, 3.63) is 30.1 Å². The number of likely N-dealkylation sites (N-methyl/N-ethyl adjacent to an activating group) is 1. The van der Waals surface area contributed by atoms with Crippen LogP contribution in [0.4, 0.5) is 5.69 Å². The molecule has 2 saturated carbocycles. The third-order valence-corrected chi connectivity index (χ3v) is 7.55. The monoisotopic (exact) mass is 404 g/mol. The lowest BCUT2D eigenvalue weighted by Crippen LogP contribution is -2.53. The van der Waals surface area contributed by atoms with E-state index in [0.29, 0.717) is 17.4 Å². The van der Waals surface area contributed by atoms with Gasteiger partial charge in [0.25, 0.3) is 0 Å². The molecule has 3 heterocycles. The highest BCUT2D eigenvalue weighted by Crippen LogP contribution is 2.44. The summed E-state index contributed by atoms with van der Waals surface area (Å²) in [4.78, 5) is 23.9. The van der Waals surface area contributed by atoms with E-state index in [2.05, 4.69) is 45.0 Å². The number of aliphatic hydroxyl groups excluding tert-OH is 1. The number of nitrogens with zero attached hydrogens (tertiary/aromatic N) is 6. The molecule has 7 heteroatoms. The van der Waals surface area contributed by atoms with Gasteiger partial charge in [0.05, 0.1) is 23.4 Å². The van der Waals surface area contributed by atoms with Crippen LogP contribution in [0, 0.1) is 11.8 Å². The molecule has 156 valence electrons. The fourth-order valence-electron chi connectivity index (χ4n) is 5.18. The zero-order chi connectivity index (χ0) is 20.3. The summed E-state index contributed by atoms with van der Waals surface area (Å²) in [5.74, 6) is 0.871. The summed E-state index contributed by atoms with van der Waals surface area (Å²) in [5.41, 5.74) is 5.07. The Morgan fingerprint density at radius 1 is 1.17 bits per heavy atom. The van der Waals surface area contributed by atoms with E-state index in [1.54, 1.807) is 0 Å². The van der Waals surface area contributed by atoms with Crippen molar-refractivity contribution in [1.82, 2.24) is 14.9 Å². The van der Waals surface area contributed by atoms with Crippen LogP contribution in [0.5, 0.6) is 0 Å². The minimum Gasteiger partial charge on any atom is -0.396 e. The topological polar surface area (TPSA) is 77.2 Å². The molecule has 2 aliphatic carbocycles. The third-order valence-electron chi connectivity index (χ3n) is 7.55. The Morgan fingerprint density at radius 2 is 2.03 bits per heavy atom. The van der Waals surface area contributed by atoms with Crippen LogP contribution in [0.1, 0.15) is 31.4 Å². The molecule has 2 aliphatic heterocycles. The van der Waals surface area contributed by atoms with E-state index >= 15 is 0 Å². The zero-order valence-electron chi connectivity index (χ0n) is 17.4. The molecule has 4 aliphatic rings. The molecule has 1 spiro atoms. The first-order valence-electron chi connectivity index (χ1n) is 11.1. The summed E-state index contributed by atoms with van der Waals surface area (Å²) in [7, 11) is 2.26. The fourth-order valence-corrected chi connectivity index (χ4v) is 5.18. The number of hydrogen-bond donors (Lipinski definition) is 1. The van der Waals surface area contributed by atoms with Gasteiger partial charge in [0.1, 0.15) is 17.6 Å². The lowest BCUT2D eigenvalue weighted by atomic mass is 9.74. The van der Waals surface area contributed by atoms with Crippen LogP contribution in [0.3, 0.4) is 0 Å². The second-order valence-electron chi connectivity index (χ2n) is 9.48. The van der Waals surface area contributed by atoms with E-state index in [-0.39, 0.29) is 12.8 Å². The minimum absolute atomic E-state index is 0.0216. The standard InChI is InChI=1S/C23H28N6O/c1-28-6-7-29(14-23(28)4-5-23)17-2-3-18-19(10-17)26-20(11-24-18)21-12-25-22(27-21)16-8-15(9-16)13-30/h2-3,10-12,15-16,22,30H,4-9,13-14H2,1H3. The Balaban J connectivity index is 1.24. The van der Waals surface area contributed by atoms with Gasteiger partial charge in [-0.2, -0.15) is 0 Å². The quantitative estimate of drug-likeness (QED) is 0.845. The molecule has 3 fully saturated rings. The molecule has 7 nitrogen and oxygen atoms in total. The predicted molar refractivity (Wildman–Crippen MR) is 118 cm³/mol. The molecular formula is C23H28N6O. The van der Waals surface area contributed by atoms with E-state index in [1.807, 2.05) is 12.4 Å². The molecule has 1 saturated heterocycles. The van der Waals surface area contributed by atoms with Crippen molar-refractivity contribution < 1.29 is 5.11 Å². The number of rotatable bonds is 4. The average Bonchev–Trinajstić information content (AvgIpc) is 3.34. The molecule has 0 bridgehead atoms. The zero-order valence-corrected chi connectivity index (χ0v) is 17.4. The molecule has 1 aromatic heterocycles. The minimum atomic E-state index is -0.0216. The van der Waals surface area contributed by atoms with E-state index < -0.39 is 0 Å². The van der Waals surface area contributed by atoms with Gasteiger partial charge >= 0.3 is 0 Å². The molecular weight excluding hydrogens is 376 g/mol. The maximum Gasteiger partial charge on any atom is 0.143 e. The summed E-state index contributed by atoms with van der Waals surface area (Å²) in [6, 6.07) is 6.43. The van der Waals surface area contributed by atoms with Gasteiger partial charge in [-0.05, 0) is 56.8 Å². The van der Waals surface area contributed by atoms with Gasteiger partial charge in [0.2, 0.25) is 0 Å². The van der Waals surface area contributed by atoms with E-state index in [1.165, 1.54) is 18.5 Å². The number of hydrogen-bond acceptors (Lipinski definition) is 7. The Labute approximate surface area is 176 Å². The second kappa shape index (κ2) is 6.82. The highest BCUT2D eigenvalue weighted by molar-refractivity contribution is 6.38.